The number of fused-ring (bicyclic) bond motifs is 4. The average Bonchev–Trinajstić information content (AvgIpc) is 3.33. The molecule has 0 radical (unpaired) electrons. The van der Waals surface area contributed by atoms with Crippen LogP contribution >= 0.6 is 0 Å². The maximum atomic E-state index is 2.55. The molecule has 290 valence electrons. The average molecular weight is 781 g/mol. The van der Waals surface area contributed by atoms with E-state index in [1.807, 2.05) is 0 Å². The third kappa shape index (κ3) is 6.19. The summed E-state index contributed by atoms with van der Waals surface area (Å²) in [5.41, 5.74) is 16.4. The lowest BCUT2D eigenvalue weighted by Gasteiger charge is -2.44. The van der Waals surface area contributed by atoms with Crippen molar-refractivity contribution in [3.63, 3.8) is 0 Å². The second-order valence-electron chi connectivity index (χ2n) is 16.5. The number of hydrogen-bond donors (Lipinski definition) is 0. The van der Waals surface area contributed by atoms with Gasteiger partial charge in [0.1, 0.15) is 0 Å². The normalized spacial score (nSPS) is 12.9. The van der Waals surface area contributed by atoms with E-state index in [1.54, 1.807) is 0 Å². The number of nitrogens with zero attached hydrogens (tertiary/aromatic N) is 2. The molecule has 61 heavy (non-hydrogen) atoms. The molecule has 11 rings (SSSR count). The van der Waals surface area contributed by atoms with E-state index in [9.17, 15) is 0 Å². The predicted molar refractivity (Wildman–Crippen MR) is 259 cm³/mol. The fraction of sp³-hybridized carbons (Fsp3) is 0.0508. The lowest BCUT2D eigenvalue weighted by Crippen LogP contribution is -2.32. The summed E-state index contributed by atoms with van der Waals surface area (Å²) in [6.45, 7) is 4.77. The Hall–Kier alpha value is -7.68. The van der Waals surface area contributed by atoms with Crippen molar-refractivity contribution in [1.82, 2.24) is 0 Å². The molecular weight excluding hydrogens is 737 g/mol. The molecule has 10 aromatic rings. The Morgan fingerprint density at radius 1 is 0.361 bits per heavy atom. The SMILES string of the molecule is CC1(C)c2ccccc2N(c2c(N(c3ccc(-c4ccccc4)cc3)c3ccc(-c4cccc5ccccc45)cc3)ccc3ccccc23)c2cccc(-c3ccccc3)c21. The number of anilines is 6. The van der Waals surface area contributed by atoms with E-state index in [0.717, 1.165) is 22.7 Å². The molecule has 0 saturated heterocycles. The lowest BCUT2D eigenvalue weighted by atomic mass is 9.70. The second kappa shape index (κ2) is 14.9. The standard InChI is InChI=1S/C59H44N2/c1-59(2)53-28-13-14-29-54(53)61(55-30-16-27-51(57(55)59)44-19-7-4-8-20-44)58-52-25-12-10-22-45(52)35-40-56(58)60(47-36-31-42(32-37-47)41-17-5-3-6-18-41)48-38-33-46(34-39-48)50-26-15-23-43-21-9-11-24-49(43)50/h3-40H,1-2H3. The minimum Gasteiger partial charge on any atom is -0.308 e. The van der Waals surface area contributed by atoms with Crippen LogP contribution in [0.4, 0.5) is 34.1 Å². The van der Waals surface area contributed by atoms with E-state index < -0.39 is 0 Å². The van der Waals surface area contributed by atoms with Gasteiger partial charge in [-0.25, -0.2) is 0 Å². The maximum Gasteiger partial charge on any atom is 0.0781 e. The highest BCUT2D eigenvalue weighted by molar-refractivity contribution is 6.09. The first-order valence-electron chi connectivity index (χ1n) is 21.2. The van der Waals surface area contributed by atoms with Gasteiger partial charge < -0.3 is 9.80 Å². The van der Waals surface area contributed by atoms with Crippen LogP contribution in [0, 0.1) is 0 Å². The van der Waals surface area contributed by atoms with Crippen molar-refractivity contribution >= 4 is 55.7 Å². The van der Waals surface area contributed by atoms with Gasteiger partial charge in [0.15, 0.2) is 0 Å². The van der Waals surface area contributed by atoms with E-state index in [1.165, 1.54) is 77.4 Å². The predicted octanol–water partition coefficient (Wildman–Crippen LogP) is 16.6. The van der Waals surface area contributed by atoms with Crippen molar-refractivity contribution in [1.29, 1.82) is 0 Å². The van der Waals surface area contributed by atoms with Crippen LogP contribution in [-0.4, -0.2) is 0 Å². The van der Waals surface area contributed by atoms with Crippen LogP contribution in [0.1, 0.15) is 25.0 Å². The molecule has 1 aliphatic rings. The van der Waals surface area contributed by atoms with Gasteiger partial charge in [0.2, 0.25) is 0 Å². The summed E-state index contributed by atoms with van der Waals surface area (Å²) in [6.07, 6.45) is 0. The molecular formula is C59H44N2. The summed E-state index contributed by atoms with van der Waals surface area (Å²) < 4.78 is 0. The molecule has 0 aromatic heterocycles. The minimum atomic E-state index is -0.274. The molecule has 0 N–H and O–H groups in total. The van der Waals surface area contributed by atoms with Gasteiger partial charge in [-0.2, -0.15) is 0 Å². The lowest BCUT2D eigenvalue weighted by molar-refractivity contribution is 0.634. The molecule has 0 amide bonds. The third-order valence-electron chi connectivity index (χ3n) is 12.6. The zero-order chi connectivity index (χ0) is 40.9. The highest BCUT2D eigenvalue weighted by atomic mass is 15.2. The van der Waals surface area contributed by atoms with Crippen molar-refractivity contribution < 1.29 is 0 Å². The number of rotatable bonds is 7. The molecule has 0 atom stereocenters. The topological polar surface area (TPSA) is 6.48 Å². The van der Waals surface area contributed by atoms with Crippen LogP contribution in [0.2, 0.25) is 0 Å². The Morgan fingerprint density at radius 3 is 1.57 bits per heavy atom. The number of hydrogen-bond acceptors (Lipinski definition) is 2. The van der Waals surface area contributed by atoms with Gasteiger partial charge in [0, 0.05) is 22.2 Å². The fourth-order valence-electron chi connectivity index (χ4n) is 9.73. The summed E-state index contributed by atoms with van der Waals surface area (Å²) in [7, 11) is 0. The zero-order valence-electron chi connectivity index (χ0n) is 34.3. The summed E-state index contributed by atoms with van der Waals surface area (Å²) in [4.78, 5) is 5.00. The quantitative estimate of drug-likeness (QED) is 0.159. The Morgan fingerprint density at radius 2 is 0.852 bits per heavy atom. The Kier molecular flexibility index (Phi) is 8.86. The minimum absolute atomic E-state index is 0.274. The first-order valence-corrected chi connectivity index (χ1v) is 21.2. The van der Waals surface area contributed by atoms with Crippen LogP contribution in [0.5, 0.6) is 0 Å². The molecule has 0 saturated carbocycles. The van der Waals surface area contributed by atoms with Gasteiger partial charge in [-0.3, -0.25) is 0 Å². The van der Waals surface area contributed by atoms with E-state index in [-0.39, 0.29) is 5.41 Å². The molecule has 0 spiro atoms. The molecule has 0 bridgehead atoms. The van der Waals surface area contributed by atoms with Crippen LogP contribution < -0.4 is 9.80 Å². The second-order valence-corrected chi connectivity index (χ2v) is 16.5. The molecule has 1 aliphatic heterocycles. The van der Waals surface area contributed by atoms with Gasteiger partial charge in [0.05, 0.1) is 22.7 Å². The highest BCUT2D eigenvalue weighted by Gasteiger charge is 2.40. The summed E-state index contributed by atoms with van der Waals surface area (Å²) in [5, 5.41) is 4.87. The van der Waals surface area contributed by atoms with Crippen molar-refractivity contribution in [3.8, 4) is 33.4 Å². The van der Waals surface area contributed by atoms with Crippen LogP contribution in [0.3, 0.4) is 0 Å². The van der Waals surface area contributed by atoms with E-state index in [4.69, 9.17) is 0 Å². The van der Waals surface area contributed by atoms with Crippen molar-refractivity contribution in [2.24, 2.45) is 0 Å². The van der Waals surface area contributed by atoms with Crippen molar-refractivity contribution in [2.75, 3.05) is 9.80 Å². The summed E-state index contributed by atoms with van der Waals surface area (Å²) in [6, 6.07) is 84.2. The number of para-hydroxylation sites is 1. The smallest absolute Gasteiger partial charge is 0.0781 e. The molecule has 0 aliphatic carbocycles. The van der Waals surface area contributed by atoms with Crippen LogP contribution in [0.25, 0.3) is 54.9 Å². The first kappa shape index (κ1) is 36.4. The van der Waals surface area contributed by atoms with Gasteiger partial charge in [-0.1, -0.05) is 202 Å². The molecule has 0 fully saturated rings. The molecule has 1 heterocycles. The van der Waals surface area contributed by atoms with Crippen molar-refractivity contribution in [2.45, 2.75) is 19.3 Å². The first-order chi connectivity index (χ1) is 30.0. The zero-order valence-corrected chi connectivity index (χ0v) is 34.3. The molecule has 2 nitrogen and oxygen atoms in total. The van der Waals surface area contributed by atoms with Gasteiger partial charge in [-0.15, -0.1) is 0 Å². The third-order valence-corrected chi connectivity index (χ3v) is 12.6. The van der Waals surface area contributed by atoms with E-state index >= 15 is 0 Å². The van der Waals surface area contributed by atoms with E-state index in [2.05, 4.69) is 254 Å². The Balaban J connectivity index is 1.17. The van der Waals surface area contributed by atoms with E-state index in [0.29, 0.717) is 0 Å². The van der Waals surface area contributed by atoms with Crippen molar-refractivity contribution in [3.05, 3.63) is 242 Å². The number of benzene rings is 10. The van der Waals surface area contributed by atoms with Gasteiger partial charge in [-0.05, 0) is 103 Å². The summed E-state index contributed by atoms with van der Waals surface area (Å²) >= 11 is 0. The monoisotopic (exact) mass is 780 g/mol. The highest BCUT2D eigenvalue weighted by Crippen LogP contribution is 2.58. The Labute approximate surface area is 358 Å². The van der Waals surface area contributed by atoms with Gasteiger partial charge in [0.25, 0.3) is 0 Å². The maximum absolute atomic E-state index is 2.55. The molecule has 10 aromatic carbocycles. The van der Waals surface area contributed by atoms with Crippen LogP contribution in [-0.2, 0) is 5.41 Å². The van der Waals surface area contributed by atoms with Crippen LogP contribution in [0.15, 0.2) is 231 Å². The summed E-state index contributed by atoms with van der Waals surface area (Å²) in [5.74, 6) is 0. The molecule has 2 heteroatoms. The fourth-order valence-corrected chi connectivity index (χ4v) is 9.73. The largest absolute Gasteiger partial charge is 0.308 e. The van der Waals surface area contributed by atoms with Gasteiger partial charge >= 0.3 is 0 Å². The Bertz CT molecular complexity index is 3200. The molecule has 0 unspecified atom stereocenters.